The van der Waals surface area contributed by atoms with Crippen LogP contribution in [0.5, 0.6) is 5.88 Å². The summed E-state index contributed by atoms with van der Waals surface area (Å²) in [6.45, 7) is 5.69. The molecule has 8 nitrogen and oxygen atoms in total. The van der Waals surface area contributed by atoms with Crippen LogP contribution in [-0.4, -0.2) is 64.1 Å². The van der Waals surface area contributed by atoms with Gasteiger partial charge in [-0.25, -0.2) is 4.98 Å². The van der Waals surface area contributed by atoms with Crippen LogP contribution in [-0.2, 0) is 13.0 Å². The van der Waals surface area contributed by atoms with Crippen LogP contribution in [0, 0.1) is 0 Å². The van der Waals surface area contributed by atoms with Crippen LogP contribution >= 0.6 is 0 Å². The largest absolute Gasteiger partial charge is 0.481 e. The lowest BCUT2D eigenvalue weighted by molar-refractivity contribution is 0.0760. The van der Waals surface area contributed by atoms with E-state index >= 15 is 0 Å². The van der Waals surface area contributed by atoms with Crippen molar-refractivity contribution in [2.24, 2.45) is 0 Å². The summed E-state index contributed by atoms with van der Waals surface area (Å²) in [7, 11) is 1.56. The average molecular weight is 345 g/mol. The van der Waals surface area contributed by atoms with Gasteiger partial charge in [0, 0.05) is 44.9 Å². The number of ether oxygens (including phenoxy) is 1. The maximum absolute atomic E-state index is 12.6. The Labute approximate surface area is 146 Å². The van der Waals surface area contributed by atoms with E-state index < -0.39 is 0 Å². The molecule has 0 N–H and O–H groups in total. The fourth-order valence-electron chi connectivity index (χ4n) is 2.83. The van der Waals surface area contributed by atoms with E-state index in [1.54, 1.807) is 25.4 Å². The van der Waals surface area contributed by atoms with Gasteiger partial charge in [0.2, 0.25) is 11.8 Å². The molecule has 0 radical (unpaired) electrons. The Morgan fingerprint density at radius 1 is 1.28 bits per heavy atom. The molecular formula is C17H23N5O3. The molecule has 8 heteroatoms. The Kier molecular flexibility index (Phi) is 5.60. The topological polar surface area (TPSA) is 84.6 Å². The lowest BCUT2D eigenvalue weighted by atomic mass is 10.2. The second-order valence-corrected chi connectivity index (χ2v) is 5.97. The smallest absolute Gasteiger partial charge is 0.255 e. The molecule has 0 unspecified atom stereocenters. The molecule has 3 rings (SSSR count). The van der Waals surface area contributed by atoms with Gasteiger partial charge in [-0.3, -0.25) is 9.69 Å². The summed E-state index contributed by atoms with van der Waals surface area (Å²) >= 11 is 0. The SMILES string of the molecule is CCc1noc(CN2CCCN(C(=O)c3ccc(OC)nc3)CC2)n1. The molecule has 134 valence electrons. The first kappa shape index (κ1) is 17.3. The Balaban J connectivity index is 1.57. The van der Waals surface area contributed by atoms with Gasteiger partial charge in [0.05, 0.1) is 19.2 Å². The predicted molar refractivity (Wildman–Crippen MR) is 90.3 cm³/mol. The minimum atomic E-state index is 0.00284. The number of rotatable bonds is 5. The molecule has 0 saturated carbocycles. The van der Waals surface area contributed by atoms with Gasteiger partial charge >= 0.3 is 0 Å². The van der Waals surface area contributed by atoms with E-state index in [9.17, 15) is 4.79 Å². The molecule has 0 spiro atoms. The van der Waals surface area contributed by atoms with Gasteiger partial charge in [0.15, 0.2) is 5.82 Å². The number of hydrogen-bond donors (Lipinski definition) is 0. The van der Waals surface area contributed by atoms with Crippen molar-refractivity contribution in [1.29, 1.82) is 0 Å². The first-order valence-electron chi connectivity index (χ1n) is 8.52. The van der Waals surface area contributed by atoms with Gasteiger partial charge < -0.3 is 14.2 Å². The minimum absolute atomic E-state index is 0.00284. The molecule has 0 aromatic carbocycles. The maximum atomic E-state index is 12.6. The number of aromatic nitrogens is 3. The monoisotopic (exact) mass is 345 g/mol. The molecular weight excluding hydrogens is 322 g/mol. The molecule has 0 bridgehead atoms. The lowest BCUT2D eigenvalue weighted by Gasteiger charge is -2.21. The van der Waals surface area contributed by atoms with E-state index in [2.05, 4.69) is 20.0 Å². The number of pyridine rings is 1. The number of carbonyl (C=O) groups excluding carboxylic acids is 1. The van der Waals surface area contributed by atoms with Crippen LogP contribution in [0.1, 0.15) is 35.4 Å². The number of amides is 1. The molecule has 2 aromatic heterocycles. The second-order valence-electron chi connectivity index (χ2n) is 5.97. The first-order valence-corrected chi connectivity index (χ1v) is 8.52. The minimum Gasteiger partial charge on any atom is -0.481 e. The summed E-state index contributed by atoms with van der Waals surface area (Å²) in [5.74, 6) is 1.87. The zero-order chi connectivity index (χ0) is 17.6. The molecule has 1 saturated heterocycles. The second kappa shape index (κ2) is 8.06. The fourth-order valence-corrected chi connectivity index (χ4v) is 2.83. The Hall–Kier alpha value is -2.48. The molecule has 1 aliphatic heterocycles. The molecule has 25 heavy (non-hydrogen) atoms. The van der Waals surface area contributed by atoms with Gasteiger partial charge in [-0.15, -0.1) is 0 Å². The standard InChI is InChI=1S/C17H23N5O3/c1-3-14-19-16(25-20-14)12-21-7-4-8-22(10-9-21)17(23)13-5-6-15(24-2)18-11-13/h5-6,11H,3-4,7-10,12H2,1-2H3. The Morgan fingerprint density at radius 2 is 2.16 bits per heavy atom. The van der Waals surface area contributed by atoms with Crippen molar-refractivity contribution in [2.45, 2.75) is 26.3 Å². The fraction of sp³-hybridized carbons (Fsp3) is 0.529. The summed E-state index contributed by atoms with van der Waals surface area (Å²) < 4.78 is 10.3. The van der Waals surface area contributed by atoms with Crippen LogP contribution in [0.15, 0.2) is 22.9 Å². The zero-order valence-corrected chi connectivity index (χ0v) is 14.6. The summed E-state index contributed by atoms with van der Waals surface area (Å²) in [6.07, 6.45) is 3.24. The van der Waals surface area contributed by atoms with Crippen LogP contribution in [0.2, 0.25) is 0 Å². The molecule has 1 amide bonds. The lowest BCUT2D eigenvalue weighted by Crippen LogP contribution is -2.35. The van der Waals surface area contributed by atoms with E-state index in [4.69, 9.17) is 9.26 Å². The summed E-state index contributed by atoms with van der Waals surface area (Å²) in [6, 6.07) is 3.46. The normalized spacial score (nSPS) is 15.8. The molecule has 0 atom stereocenters. The highest BCUT2D eigenvalue weighted by atomic mass is 16.5. The van der Waals surface area contributed by atoms with E-state index in [-0.39, 0.29) is 5.91 Å². The van der Waals surface area contributed by atoms with E-state index in [0.29, 0.717) is 30.4 Å². The van der Waals surface area contributed by atoms with Gasteiger partial charge in [0.1, 0.15) is 0 Å². The number of hydrogen-bond acceptors (Lipinski definition) is 7. The Bertz CT molecular complexity index is 701. The third-order valence-corrected chi connectivity index (χ3v) is 4.25. The highest BCUT2D eigenvalue weighted by Crippen LogP contribution is 2.13. The first-order chi connectivity index (χ1) is 12.2. The van der Waals surface area contributed by atoms with Crippen molar-refractivity contribution in [3.8, 4) is 5.88 Å². The third-order valence-electron chi connectivity index (χ3n) is 4.25. The van der Waals surface area contributed by atoms with Crippen molar-refractivity contribution >= 4 is 5.91 Å². The van der Waals surface area contributed by atoms with Gasteiger partial charge in [-0.1, -0.05) is 12.1 Å². The van der Waals surface area contributed by atoms with Crippen LogP contribution < -0.4 is 4.74 Å². The highest BCUT2D eigenvalue weighted by molar-refractivity contribution is 5.94. The average Bonchev–Trinajstić information content (AvgIpc) is 2.98. The summed E-state index contributed by atoms with van der Waals surface area (Å²) in [5, 5.41) is 3.93. The number of carbonyl (C=O) groups is 1. The maximum Gasteiger partial charge on any atom is 0.255 e. The number of aryl methyl sites for hydroxylation is 1. The van der Waals surface area contributed by atoms with Crippen molar-refractivity contribution in [1.82, 2.24) is 24.9 Å². The van der Waals surface area contributed by atoms with Crippen molar-refractivity contribution < 1.29 is 14.1 Å². The quantitative estimate of drug-likeness (QED) is 0.809. The van der Waals surface area contributed by atoms with Crippen molar-refractivity contribution in [2.75, 3.05) is 33.3 Å². The van der Waals surface area contributed by atoms with Gasteiger partial charge in [0.25, 0.3) is 5.91 Å². The van der Waals surface area contributed by atoms with Gasteiger partial charge in [-0.2, -0.15) is 4.98 Å². The van der Waals surface area contributed by atoms with E-state index in [0.717, 1.165) is 38.3 Å². The molecule has 1 fully saturated rings. The third kappa shape index (κ3) is 4.33. The van der Waals surface area contributed by atoms with Crippen LogP contribution in [0.4, 0.5) is 0 Å². The molecule has 2 aromatic rings. The molecule has 0 aliphatic carbocycles. The number of nitrogens with zero attached hydrogens (tertiary/aromatic N) is 5. The Morgan fingerprint density at radius 3 is 2.84 bits per heavy atom. The van der Waals surface area contributed by atoms with Crippen LogP contribution in [0.3, 0.4) is 0 Å². The van der Waals surface area contributed by atoms with Crippen LogP contribution in [0.25, 0.3) is 0 Å². The van der Waals surface area contributed by atoms with E-state index in [1.807, 2.05) is 11.8 Å². The van der Waals surface area contributed by atoms with Crippen molar-refractivity contribution in [3.05, 3.63) is 35.6 Å². The summed E-state index contributed by atoms with van der Waals surface area (Å²) in [4.78, 5) is 25.2. The van der Waals surface area contributed by atoms with Gasteiger partial charge in [-0.05, 0) is 12.5 Å². The molecule has 1 aliphatic rings. The zero-order valence-electron chi connectivity index (χ0n) is 14.6. The number of methoxy groups -OCH3 is 1. The molecule has 3 heterocycles. The summed E-state index contributed by atoms with van der Waals surface area (Å²) in [5.41, 5.74) is 0.582. The highest BCUT2D eigenvalue weighted by Gasteiger charge is 2.21. The van der Waals surface area contributed by atoms with E-state index in [1.165, 1.54) is 0 Å². The predicted octanol–water partition coefficient (Wildman–Crippen LogP) is 1.38. The van der Waals surface area contributed by atoms with Crippen molar-refractivity contribution in [3.63, 3.8) is 0 Å².